The number of benzene rings is 2. The van der Waals surface area contributed by atoms with Gasteiger partial charge in [0, 0.05) is 0 Å². The number of carbonyl (C=O) groups is 1. The Bertz CT molecular complexity index is 749. The molecule has 0 saturated carbocycles. The molecule has 2 N–H and O–H groups in total. The van der Waals surface area contributed by atoms with Crippen LogP contribution < -0.4 is 4.46 Å². The van der Waals surface area contributed by atoms with E-state index in [2.05, 4.69) is 0 Å². The molecular weight excluding hydrogens is 395 g/mol. The van der Waals surface area contributed by atoms with Crippen molar-refractivity contribution in [1.82, 2.24) is 0 Å². The maximum atomic E-state index is 12.2. The molecule has 26 heavy (non-hydrogen) atoms. The van der Waals surface area contributed by atoms with Crippen LogP contribution in [0.3, 0.4) is 0 Å². The zero-order valence-electron chi connectivity index (χ0n) is 14.8. The van der Waals surface area contributed by atoms with Crippen LogP contribution in [0.15, 0.2) is 54.6 Å². The molecule has 2 aromatic carbocycles. The van der Waals surface area contributed by atoms with E-state index in [1.807, 2.05) is 61.5 Å². The van der Waals surface area contributed by atoms with Gasteiger partial charge in [0.15, 0.2) is 0 Å². The zero-order valence-corrected chi connectivity index (χ0v) is 16.5. The molecule has 2 aromatic rings. The number of hydrogen-bond acceptors (Lipinski definition) is 4. The van der Waals surface area contributed by atoms with Gasteiger partial charge in [0.25, 0.3) is 0 Å². The van der Waals surface area contributed by atoms with Crippen molar-refractivity contribution in [3.05, 3.63) is 65.7 Å². The fraction of sp³-hybridized carbons (Fsp3) is 0.381. The predicted molar refractivity (Wildman–Crippen MR) is 101 cm³/mol. The van der Waals surface area contributed by atoms with Crippen molar-refractivity contribution in [3.8, 4) is 0 Å². The van der Waals surface area contributed by atoms with E-state index in [0.717, 1.165) is 15.6 Å². The Morgan fingerprint density at radius 1 is 1.19 bits per heavy atom. The number of esters is 1. The van der Waals surface area contributed by atoms with E-state index in [9.17, 15) is 15.0 Å². The molecule has 0 bridgehead atoms. The zero-order chi connectivity index (χ0) is 18.6. The summed E-state index contributed by atoms with van der Waals surface area (Å²) in [5.41, 5.74) is 1.23. The van der Waals surface area contributed by atoms with E-state index in [4.69, 9.17) is 4.74 Å². The summed E-state index contributed by atoms with van der Waals surface area (Å²) in [6, 6.07) is 17.7. The summed E-state index contributed by atoms with van der Waals surface area (Å²) in [4.78, 5) is 12.2. The second kappa shape index (κ2) is 8.36. The molecule has 3 rings (SSSR count). The fourth-order valence-electron chi connectivity index (χ4n) is 3.33. The summed E-state index contributed by atoms with van der Waals surface area (Å²) in [7, 11) is 0. The molecule has 5 heteroatoms. The minimum atomic E-state index is -0.698. The number of rotatable bonds is 7. The van der Waals surface area contributed by atoms with Crippen molar-refractivity contribution in [3.63, 3.8) is 0 Å². The molecule has 0 aromatic heterocycles. The van der Waals surface area contributed by atoms with Gasteiger partial charge in [0.1, 0.15) is 0 Å². The Morgan fingerprint density at radius 2 is 1.88 bits per heavy atom. The number of hydrogen-bond donors (Lipinski definition) is 2. The van der Waals surface area contributed by atoms with Gasteiger partial charge in [-0.25, -0.2) is 0 Å². The van der Waals surface area contributed by atoms with Crippen molar-refractivity contribution in [2.45, 2.75) is 36.8 Å². The van der Waals surface area contributed by atoms with Gasteiger partial charge in [0.05, 0.1) is 0 Å². The second-order valence-corrected chi connectivity index (χ2v) is 8.75. The average molecular weight is 419 g/mol. The molecule has 1 fully saturated rings. The van der Waals surface area contributed by atoms with Gasteiger partial charge < -0.3 is 0 Å². The van der Waals surface area contributed by atoms with Crippen LogP contribution in [0.1, 0.15) is 37.0 Å². The first-order valence-electron chi connectivity index (χ1n) is 8.88. The van der Waals surface area contributed by atoms with Crippen LogP contribution >= 0.6 is 0 Å². The van der Waals surface area contributed by atoms with Crippen LogP contribution in [0.4, 0.5) is 0 Å². The Morgan fingerprint density at radius 3 is 2.54 bits per heavy atom. The monoisotopic (exact) mass is 420 g/mol. The molecule has 1 aliphatic rings. The first kappa shape index (κ1) is 19.1. The van der Waals surface area contributed by atoms with E-state index in [0.29, 0.717) is 18.2 Å². The summed E-state index contributed by atoms with van der Waals surface area (Å²) in [6.07, 6.45) is 0.683. The average Bonchev–Trinajstić information content (AvgIpc) is 3.03. The topological polar surface area (TPSA) is 66.8 Å². The van der Waals surface area contributed by atoms with E-state index in [1.54, 1.807) is 0 Å². The molecule has 3 atom stereocenters. The Kier molecular flexibility index (Phi) is 6.15. The first-order valence-corrected chi connectivity index (χ1v) is 11.0. The number of aliphatic hydroxyl groups is 2. The van der Waals surface area contributed by atoms with Crippen molar-refractivity contribution in [2.24, 2.45) is 5.92 Å². The van der Waals surface area contributed by atoms with Crippen LogP contribution in [-0.2, 0) is 15.1 Å². The molecule has 1 heterocycles. The molecule has 138 valence electrons. The standard InChI is InChI=1S/C21H24O4Se/c1-2-18(23)17-10-6-7-11-19(17)26-14-21(16-8-4-3-5-9-16)12-15(13-22)20(24)25-21/h3-11,15,18,22-23H,2,12-14H2,1H3/t15-,18+,21+/m1/s1. The molecule has 4 nitrogen and oxygen atoms in total. The van der Waals surface area contributed by atoms with Gasteiger partial charge in [-0.2, -0.15) is 0 Å². The maximum absolute atomic E-state index is 12.2. The van der Waals surface area contributed by atoms with Gasteiger partial charge in [-0.3, -0.25) is 0 Å². The number of aliphatic hydroxyl groups excluding tert-OH is 2. The van der Waals surface area contributed by atoms with E-state index in [-0.39, 0.29) is 27.5 Å². The molecular formula is C21H24O4Se. The Hall–Kier alpha value is -1.65. The molecule has 0 radical (unpaired) electrons. The van der Waals surface area contributed by atoms with Crippen LogP contribution in [0.25, 0.3) is 0 Å². The second-order valence-electron chi connectivity index (χ2n) is 6.62. The van der Waals surface area contributed by atoms with Gasteiger partial charge in [0.2, 0.25) is 0 Å². The third-order valence-corrected chi connectivity index (χ3v) is 7.56. The third kappa shape index (κ3) is 3.86. The molecule has 0 spiro atoms. The van der Waals surface area contributed by atoms with E-state index in [1.165, 1.54) is 0 Å². The van der Waals surface area contributed by atoms with Crippen LogP contribution in [0.2, 0.25) is 5.32 Å². The number of ether oxygens (including phenoxy) is 1. The number of cyclic esters (lactones) is 1. The summed E-state index contributed by atoms with van der Waals surface area (Å²) >= 11 is 0.0210. The van der Waals surface area contributed by atoms with Gasteiger partial charge in [-0.05, 0) is 0 Å². The fourth-order valence-corrected chi connectivity index (χ4v) is 6.01. The van der Waals surface area contributed by atoms with Gasteiger partial charge in [-0.1, -0.05) is 0 Å². The summed E-state index contributed by atoms with van der Waals surface area (Å²) in [5, 5.41) is 20.5. The minimum absolute atomic E-state index is 0.0210. The van der Waals surface area contributed by atoms with Gasteiger partial charge in [-0.15, -0.1) is 0 Å². The third-order valence-electron chi connectivity index (χ3n) is 4.85. The number of carbonyl (C=O) groups excluding carboxylic acids is 1. The summed E-state index contributed by atoms with van der Waals surface area (Å²) in [6.45, 7) is 1.77. The Balaban J connectivity index is 1.88. The van der Waals surface area contributed by atoms with Crippen molar-refractivity contribution in [1.29, 1.82) is 0 Å². The molecule has 0 unspecified atom stereocenters. The molecule has 0 aliphatic carbocycles. The summed E-state index contributed by atoms with van der Waals surface area (Å²) < 4.78 is 6.97. The van der Waals surface area contributed by atoms with Gasteiger partial charge >= 0.3 is 160 Å². The molecule has 0 amide bonds. The normalized spacial score (nSPS) is 23.7. The van der Waals surface area contributed by atoms with Crippen LogP contribution in [-0.4, -0.2) is 37.7 Å². The molecule has 1 saturated heterocycles. The SMILES string of the molecule is CC[C@H](O)c1ccccc1[Se]C[C@]1(c2ccccc2)C[C@H](CO)C(=O)O1. The van der Waals surface area contributed by atoms with E-state index < -0.39 is 17.6 Å². The van der Waals surface area contributed by atoms with Crippen molar-refractivity contribution < 1.29 is 19.7 Å². The predicted octanol–water partition coefficient (Wildman–Crippen LogP) is 2.33. The van der Waals surface area contributed by atoms with E-state index >= 15 is 0 Å². The quantitative estimate of drug-likeness (QED) is 0.534. The first-order chi connectivity index (χ1) is 12.6. The van der Waals surface area contributed by atoms with Crippen LogP contribution in [0, 0.1) is 5.92 Å². The Labute approximate surface area is 160 Å². The van der Waals surface area contributed by atoms with Crippen LogP contribution in [0.5, 0.6) is 0 Å². The molecule has 1 aliphatic heterocycles. The van der Waals surface area contributed by atoms with Crippen molar-refractivity contribution >= 4 is 25.4 Å². The van der Waals surface area contributed by atoms with Crippen molar-refractivity contribution in [2.75, 3.05) is 6.61 Å². The summed E-state index contributed by atoms with van der Waals surface area (Å²) in [5.74, 6) is -0.795.